The van der Waals surface area contributed by atoms with Gasteiger partial charge in [0.15, 0.2) is 0 Å². The molecule has 0 spiro atoms. The minimum atomic E-state index is -1.57. The zero-order valence-electron chi connectivity index (χ0n) is 37.7. The highest BCUT2D eigenvalue weighted by molar-refractivity contribution is 5.98. The van der Waals surface area contributed by atoms with Crippen molar-refractivity contribution >= 4 is 53.2 Å². The highest BCUT2D eigenvalue weighted by atomic mass is 16.5. The number of hydrogen-bond donors (Lipinski definition) is 11. The number of benzene rings is 2. The highest BCUT2D eigenvalue weighted by Crippen LogP contribution is 2.15. The second-order valence-corrected chi connectivity index (χ2v) is 16.8. The molecule has 6 unspecified atom stereocenters. The number of nitrogens with one attached hydrogen (secondary N) is 9. The van der Waals surface area contributed by atoms with Gasteiger partial charge in [-0.25, -0.2) is 0 Å². The van der Waals surface area contributed by atoms with Crippen LogP contribution in [-0.2, 0) is 56.0 Å². The van der Waals surface area contributed by atoms with Gasteiger partial charge in [-0.1, -0.05) is 65.8 Å². The second-order valence-electron chi connectivity index (χ2n) is 16.8. The summed E-state index contributed by atoms with van der Waals surface area (Å²) in [6.45, 7) is 7.31. The average Bonchev–Trinajstić information content (AvgIpc) is 3.26. The molecule has 1 aliphatic rings. The number of aliphatic hydroxyl groups is 1. The zero-order valence-corrected chi connectivity index (χ0v) is 37.7. The van der Waals surface area contributed by atoms with Crippen LogP contribution in [0, 0.1) is 17.8 Å². The second kappa shape index (κ2) is 25.5. The van der Waals surface area contributed by atoms with Gasteiger partial charge in [-0.05, 0) is 59.6 Å². The lowest BCUT2D eigenvalue weighted by atomic mass is 9.99. The molecule has 356 valence electrons. The van der Waals surface area contributed by atoms with Crippen molar-refractivity contribution in [3.05, 3.63) is 59.7 Å². The average molecular weight is 910 g/mol. The van der Waals surface area contributed by atoms with E-state index in [2.05, 4.69) is 47.9 Å². The lowest BCUT2D eigenvalue weighted by Gasteiger charge is -2.28. The molecule has 1 heterocycles. The standard InChI is InChI=1S/C44H63N9O12/c1-23(2)16-30-41(61)52-37(24(3)4)43(63)47-19-34(56)45-20-35(57)49-33(22-54)42(62)53-38(25(5)6)44(64)51-31(17-27-10-14-29(65-7)15-11-27)39(59)46-21-36(58)48-32(40(60)50-30)18-26-8-12-28(55)13-9-26/h8-15,23-25,30-33,37-38,54-55H,16-22H2,1-7H3,(H,45,56)(H,46,59)(H,47,63)(H,48,58)(H,49,57)(H,50,60)(H,51,64)(H,52,61)(H,53,62). The van der Waals surface area contributed by atoms with Crippen LogP contribution in [0.15, 0.2) is 48.5 Å². The number of carbonyl (C=O) groups is 9. The molecule has 9 amide bonds. The molecule has 1 aliphatic heterocycles. The van der Waals surface area contributed by atoms with Crippen molar-refractivity contribution in [2.24, 2.45) is 17.8 Å². The van der Waals surface area contributed by atoms with E-state index < -0.39 is 127 Å². The first-order valence-corrected chi connectivity index (χ1v) is 21.3. The van der Waals surface area contributed by atoms with Crippen molar-refractivity contribution < 1.29 is 58.1 Å². The third-order valence-corrected chi connectivity index (χ3v) is 10.2. The number of ether oxygens (including phenoxy) is 1. The first-order valence-electron chi connectivity index (χ1n) is 21.3. The molecule has 0 aromatic heterocycles. The summed E-state index contributed by atoms with van der Waals surface area (Å²) in [6.07, 6.45) is -0.0910. The molecule has 0 aliphatic carbocycles. The van der Waals surface area contributed by atoms with Crippen LogP contribution in [0.3, 0.4) is 0 Å². The van der Waals surface area contributed by atoms with E-state index in [9.17, 15) is 53.4 Å². The van der Waals surface area contributed by atoms with Crippen molar-refractivity contribution in [3.63, 3.8) is 0 Å². The van der Waals surface area contributed by atoms with Crippen molar-refractivity contribution in [1.82, 2.24) is 47.9 Å². The molecule has 2 aromatic rings. The van der Waals surface area contributed by atoms with Gasteiger partial charge in [0.05, 0.1) is 33.4 Å². The molecule has 1 saturated heterocycles. The number of aromatic hydroxyl groups is 1. The van der Waals surface area contributed by atoms with Gasteiger partial charge in [-0.15, -0.1) is 0 Å². The highest BCUT2D eigenvalue weighted by Gasteiger charge is 2.34. The maximum Gasteiger partial charge on any atom is 0.245 e. The van der Waals surface area contributed by atoms with Gasteiger partial charge in [-0.3, -0.25) is 43.2 Å². The predicted molar refractivity (Wildman–Crippen MR) is 235 cm³/mol. The summed E-state index contributed by atoms with van der Waals surface area (Å²) in [5.74, 6) is -8.11. The minimum absolute atomic E-state index is 0.0434. The first kappa shape index (κ1) is 52.6. The number of methoxy groups -OCH3 is 1. The zero-order chi connectivity index (χ0) is 48.4. The molecule has 21 nitrogen and oxygen atoms in total. The summed E-state index contributed by atoms with van der Waals surface area (Å²) in [5, 5.41) is 42.5. The van der Waals surface area contributed by atoms with Crippen LogP contribution in [0.2, 0.25) is 0 Å². The van der Waals surface area contributed by atoms with E-state index in [1.165, 1.54) is 31.4 Å². The Morgan fingerprint density at radius 2 is 0.938 bits per heavy atom. The largest absolute Gasteiger partial charge is 0.508 e. The number of amides is 9. The summed E-state index contributed by atoms with van der Waals surface area (Å²) in [6, 6.07) is 4.56. The molecule has 6 atom stereocenters. The molecule has 0 bridgehead atoms. The van der Waals surface area contributed by atoms with Crippen molar-refractivity contribution in [3.8, 4) is 11.5 Å². The lowest BCUT2D eigenvalue weighted by Crippen LogP contribution is -2.60. The van der Waals surface area contributed by atoms with Crippen LogP contribution in [0.25, 0.3) is 0 Å². The third kappa shape index (κ3) is 17.4. The molecule has 0 saturated carbocycles. The molecule has 3 rings (SSSR count). The van der Waals surface area contributed by atoms with E-state index in [0.717, 1.165) is 0 Å². The van der Waals surface area contributed by atoms with Crippen LogP contribution in [-0.4, -0.2) is 133 Å². The molecule has 21 heteroatoms. The fourth-order valence-electron chi connectivity index (χ4n) is 6.59. The molecular weight excluding hydrogens is 847 g/mol. The minimum Gasteiger partial charge on any atom is -0.508 e. The number of rotatable bonds is 10. The molecule has 11 N–H and O–H groups in total. The summed E-state index contributed by atoms with van der Waals surface area (Å²) in [5.41, 5.74) is 1.10. The fourth-order valence-corrected chi connectivity index (χ4v) is 6.59. The van der Waals surface area contributed by atoms with Gasteiger partial charge in [0.1, 0.15) is 47.8 Å². The summed E-state index contributed by atoms with van der Waals surface area (Å²) < 4.78 is 5.23. The molecule has 0 radical (unpaired) electrons. The van der Waals surface area contributed by atoms with Gasteiger partial charge in [-0.2, -0.15) is 0 Å². The number of carbonyl (C=O) groups excluding carboxylic acids is 9. The Kier molecular flexibility index (Phi) is 20.6. The number of aliphatic hydroxyl groups excluding tert-OH is 1. The summed E-state index contributed by atoms with van der Waals surface area (Å²) in [4.78, 5) is 121. The predicted octanol–water partition coefficient (Wildman–Crippen LogP) is -2.19. The first-order chi connectivity index (χ1) is 30.7. The van der Waals surface area contributed by atoms with Gasteiger partial charge in [0, 0.05) is 12.8 Å². The lowest BCUT2D eigenvalue weighted by molar-refractivity contribution is -0.135. The summed E-state index contributed by atoms with van der Waals surface area (Å²) >= 11 is 0. The number of phenols is 1. The van der Waals surface area contributed by atoms with Crippen molar-refractivity contribution in [1.29, 1.82) is 0 Å². The monoisotopic (exact) mass is 909 g/mol. The molecule has 2 aromatic carbocycles. The van der Waals surface area contributed by atoms with E-state index in [4.69, 9.17) is 4.74 Å². The van der Waals surface area contributed by atoms with E-state index in [1.807, 2.05) is 13.8 Å². The quantitative estimate of drug-likeness (QED) is 0.121. The Morgan fingerprint density at radius 3 is 1.46 bits per heavy atom. The van der Waals surface area contributed by atoms with Crippen molar-refractivity contribution in [2.45, 2.75) is 97.1 Å². The maximum absolute atomic E-state index is 14.0. The third-order valence-electron chi connectivity index (χ3n) is 10.2. The van der Waals surface area contributed by atoms with Gasteiger partial charge in [0.2, 0.25) is 53.2 Å². The smallest absolute Gasteiger partial charge is 0.245 e. The van der Waals surface area contributed by atoms with E-state index in [1.54, 1.807) is 52.0 Å². The number of phenolic OH excluding ortho intramolecular Hbond substituents is 1. The Hall–Kier alpha value is -6.77. The molecular formula is C44H63N9O12. The van der Waals surface area contributed by atoms with Crippen LogP contribution < -0.4 is 52.6 Å². The van der Waals surface area contributed by atoms with Gasteiger partial charge >= 0.3 is 0 Å². The Morgan fingerprint density at radius 1 is 0.508 bits per heavy atom. The van der Waals surface area contributed by atoms with Crippen LogP contribution >= 0.6 is 0 Å². The van der Waals surface area contributed by atoms with Crippen molar-refractivity contribution in [2.75, 3.05) is 33.4 Å². The Balaban J connectivity index is 2.03. The van der Waals surface area contributed by atoms with Gasteiger partial charge < -0.3 is 62.8 Å². The summed E-state index contributed by atoms with van der Waals surface area (Å²) in [7, 11) is 1.48. The van der Waals surface area contributed by atoms with E-state index >= 15 is 0 Å². The van der Waals surface area contributed by atoms with Crippen LogP contribution in [0.4, 0.5) is 0 Å². The Bertz CT molecular complexity index is 1990. The topological polar surface area (TPSA) is 312 Å². The van der Waals surface area contributed by atoms with Crippen LogP contribution in [0.5, 0.6) is 11.5 Å². The van der Waals surface area contributed by atoms with Crippen LogP contribution in [0.1, 0.15) is 59.1 Å². The molecule has 65 heavy (non-hydrogen) atoms. The fraction of sp³-hybridized carbons (Fsp3) is 0.523. The van der Waals surface area contributed by atoms with E-state index in [-0.39, 0.29) is 30.9 Å². The van der Waals surface area contributed by atoms with Gasteiger partial charge in [0.25, 0.3) is 0 Å². The van der Waals surface area contributed by atoms with E-state index in [0.29, 0.717) is 16.9 Å². The Labute approximate surface area is 377 Å². The molecule has 1 fully saturated rings. The normalized spacial score (nSPS) is 23.2. The maximum atomic E-state index is 14.0. The SMILES string of the molecule is COc1ccc(CC2NC(=O)C(C(C)C)NC(=O)C(CO)NC(=O)CNC(=O)CNC(=O)C(C(C)C)NC(=O)C(CC(C)C)NC(=O)C(Cc3ccc(O)cc3)NC(=O)CNC2=O)cc1. The number of hydrogen-bond acceptors (Lipinski definition) is 12.